The van der Waals surface area contributed by atoms with E-state index in [2.05, 4.69) is 45.0 Å². The van der Waals surface area contributed by atoms with Gasteiger partial charge in [0.05, 0.1) is 0 Å². The Labute approximate surface area is 90.1 Å². The number of hydrogen-bond donors (Lipinski definition) is 1. The molecule has 0 rings (SSSR count). The van der Waals surface area contributed by atoms with Gasteiger partial charge in [-0.25, -0.2) is 0 Å². The van der Waals surface area contributed by atoms with E-state index in [-0.39, 0.29) is 0 Å². The topological polar surface area (TPSA) is 15.3 Å². The van der Waals surface area contributed by atoms with E-state index in [0.717, 1.165) is 12.5 Å². The van der Waals surface area contributed by atoms with Crippen molar-refractivity contribution in [2.75, 3.05) is 26.7 Å². The van der Waals surface area contributed by atoms with Crippen LogP contribution in [0.25, 0.3) is 0 Å². The minimum Gasteiger partial charge on any atom is -0.314 e. The molecule has 86 valence electrons. The number of nitrogens with zero attached hydrogens (tertiary/aromatic N) is 1. The first kappa shape index (κ1) is 13.9. The summed E-state index contributed by atoms with van der Waals surface area (Å²) in [5.74, 6) is 0.832. The van der Waals surface area contributed by atoms with Gasteiger partial charge in [-0.05, 0) is 32.5 Å². The molecule has 2 heteroatoms. The van der Waals surface area contributed by atoms with Crippen molar-refractivity contribution >= 4 is 0 Å². The third-order valence-corrected chi connectivity index (χ3v) is 2.59. The molecule has 14 heavy (non-hydrogen) atoms. The van der Waals surface area contributed by atoms with Crippen LogP contribution >= 0.6 is 0 Å². The van der Waals surface area contributed by atoms with Crippen molar-refractivity contribution in [2.45, 2.75) is 46.6 Å². The highest BCUT2D eigenvalue weighted by Crippen LogP contribution is 2.02. The van der Waals surface area contributed by atoms with Gasteiger partial charge in [-0.3, -0.25) is 0 Å². The Morgan fingerprint density at radius 3 is 2.36 bits per heavy atom. The van der Waals surface area contributed by atoms with Gasteiger partial charge in [-0.1, -0.05) is 34.1 Å². The molecule has 2 nitrogen and oxygen atoms in total. The van der Waals surface area contributed by atoms with Crippen LogP contribution in [0, 0.1) is 5.92 Å². The molecule has 0 spiro atoms. The fourth-order valence-corrected chi connectivity index (χ4v) is 1.49. The van der Waals surface area contributed by atoms with Crippen LogP contribution in [0.5, 0.6) is 0 Å². The third-order valence-electron chi connectivity index (χ3n) is 2.59. The zero-order valence-electron chi connectivity index (χ0n) is 10.6. The van der Waals surface area contributed by atoms with Crippen molar-refractivity contribution in [3.63, 3.8) is 0 Å². The first-order valence-corrected chi connectivity index (χ1v) is 5.98. The van der Waals surface area contributed by atoms with Crippen LogP contribution in [0.2, 0.25) is 0 Å². The van der Waals surface area contributed by atoms with Crippen molar-refractivity contribution in [1.82, 2.24) is 10.2 Å². The molecule has 0 fully saturated rings. The van der Waals surface area contributed by atoms with Crippen molar-refractivity contribution in [1.29, 1.82) is 0 Å². The van der Waals surface area contributed by atoms with Crippen LogP contribution in [0.4, 0.5) is 0 Å². The molecule has 0 aliphatic carbocycles. The predicted octanol–water partition coefficient (Wildman–Crippen LogP) is 2.35. The molecular formula is C12H28N2. The van der Waals surface area contributed by atoms with E-state index < -0.39 is 0 Å². The smallest absolute Gasteiger partial charge is 0.00103 e. The monoisotopic (exact) mass is 200 g/mol. The van der Waals surface area contributed by atoms with E-state index in [9.17, 15) is 0 Å². The number of rotatable bonds is 8. The maximum atomic E-state index is 3.44. The van der Waals surface area contributed by atoms with Gasteiger partial charge in [0.2, 0.25) is 0 Å². The molecule has 0 aromatic carbocycles. The maximum absolute atomic E-state index is 3.44. The average Bonchev–Trinajstić information content (AvgIpc) is 2.12. The summed E-state index contributed by atoms with van der Waals surface area (Å²) in [5, 5.41) is 3.44. The molecule has 0 saturated carbocycles. The van der Waals surface area contributed by atoms with Crippen LogP contribution < -0.4 is 5.32 Å². The van der Waals surface area contributed by atoms with Crippen molar-refractivity contribution in [3.05, 3.63) is 0 Å². The fraction of sp³-hybridized carbons (Fsp3) is 1.00. The highest BCUT2D eigenvalue weighted by molar-refractivity contribution is 4.59. The van der Waals surface area contributed by atoms with E-state index in [1.54, 1.807) is 0 Å². The lowest BCUT2D eigenvalue weighted by atomic mass is 10.1. The zero-order chi connectivity index (χ0) is 11.0. The van der Waals surface area contributed by atoms with E-state index in [1.807, 2.05) is 0 Å². The Morgan fingerprint density at radius 2 is 1.86 bits per heavy atom. The zero-order valence-corrected chi connectivity index (χ0v) is 10.6. The molecule has 0 aliphatic rings. The van der Waals surface area contributed by atoms with E-state index >= 15 is 0 Å². The van der Waals surface area contributed by atoms with Gasteiger partial charge in [0, 0.05) is 12.6 Å². The van der Waals surface area contributed by atoms with Gasteiger partial charge >= 0.3 is 0 Å². The van der Waals surface area contributed by atoms with Crippen molar-refractivity contribution < 1.29 is 0 Å². The van der Waals surface area contributed by atoms with Gasteiger partial charge in [-0.2, -0.15) is 0 Å². The summed E-state index contributed by atoms with van der Waals surface area (Å²) in [6.45, 7) is 12.6. The van der Waals surface area contributed by atoms with Crippen molar-refractivity contribution in [3.8, 4) is 0 Å². The predicted molar refractivity (Wildman–Crippen MR) is 64.7 cm³/mol. The van der Waals surface area contributed by atoms with Crippen molar-refractivity contribution in [2.24, 2.45) is 5.92 Å². The lowest BCUT2D eigenvalue weighted by Crippen LogP contribution is -2.30. The van der Waals surface area contributed by atoms with Gasteiger partial charge in [0.25, 0.3) is 0 Å². The SMILES string of the molecule is CCC(C)CN(C)CCCNC(C)C. The fourth-order valence-electron chi connectivity index (χ4n) is 1.49. The molecule has 0 heterocycles. The standard InChI is InChI=1S/C12H28N2/c1-6-12(4)10-14(5)9-7-8-13-11(2)3/h11-13H,6-10H2,1-5H3. The van der Waals surface area contributed by atoms with E-state index in [1.165, 1.54) is 25.9 Å². The van der Waals surface area contributed by atoms with Crippen LogP contribution in [0.15, 0.2) is 0 Å². The summed E-state index contributed by atoms with van der Waals surface area (Å²) in [7, 11) is 2.22. The first-order chi connectivity index (χ1) is 6.56. The molecule has 0 amide bonds. The maximum Gasteiger partial charge on any atom is 0.00103 e. The Morgan fingerprint density at radius 1 is 1.21 bits per heavy atom. The second kappa shape index (κ2) is 8.25. The molecule has 1 N–H and O–H groups in total. The Hall–Kier alpha value is -0.0800. The summed E-state index contributed by atoms with van der Waals surface area (Å²) in [4.78, 5) is 2.44. The molecule has 0 aromatic heterocycles. The van der Waals surface area contributed by atoms with Crippen LogP contribution in [-0.4, -0.2) is 37.6 Å². The molecule has 0 aliphatic heterocycles. The Bertz CT molecular complexity index is 123. The molecule has 0 aromatic rings. The molecule has 1 atom stereocenters. The molecule has 0 saturated heterocycles. The average molecular weight is 200 g/mol. The van der Waals surface area contributed by atoms with Gasteiger partial charge in [-0.15, -0.1) is 0 Å². The van der Waals surface area contributed by atoms with E-state index in [0.29, 0.717) is 6.04 Å². The number of hydrogen-bond acceptors (Lipinski definition) is 2. The minimum absolute atomic E-state index is 0.620. The first-order valence-electron chi connectivity index (χ1n) is 5.98. The summed E-state index contributed by atoms with van der Waals surface area (Å²) in [6, 6.07) is 0.620. The Balaban J connectivity index is 3.30. The summed E-state index contributed by atoms with van der Waals surface area (Å²) >= 11 is 0. The highest BCUT2D eigenvalue weighted by Gasteiger charge is 2.03. The van der Waals surface area contributed by atoms with Crippen LogP contribution in [-0.2, 0) is 0 Å². The number of nitrogens with one attached hydrogen (secondary N) is 1. The largest absolute Gasteiger partial charge is 0.314 e. The molecule has 0 bridgehead atoms. The van der Waals surface area contributed by atoms with Crippen LogP contribution in [0.1, 0.15) is 40.5 Å². The summed E-state index contributed by atoms with van der Waals surface area (Å²) in [5.41, 5.74) is 0. The second-order valence-electron chi connectivity index (χ2n) is 4.74. The summed E-state index contributed by atoms with van der Waals surface area (Å²) in [6.07, 6.45) is 2.54. The molecule has 0 radical (unpaired) electrons. The third kappa shape index (κ3) is 8.52. The van der Waals surface area contributed by atoms with Gasteiger partial charge in [0.15, 0.2) is 0 Å². The van der Waals surface area contributed by atoms with Gasteiger partial charge < -0.3 is 10.2 Å². The lowest BCUT2D eigenvalue weighted by molar-refractivity contribution is 0.277. The molecular weight excluding hydrogens is 172 g/mol. The normalized spacial score (nSPS) is 13.9. The van der Waals surface area contributed by atoms with E-state index in [4.69, 9.17) is 0 Å². The summed E-state index contributed by atoms with van der Waals surface area (Å²) < 4.78 is 0. The van der Waals surface area contributed by atoms with Crippen LogP contribution in [0.3, 0.4) is 0 Å². The Kier molecular flexibility index (Phi) is 8.20. The highest BCUT2D eigenvalue weighted by atomic mass is 15.1. The quantitative estimate of drug-likeness (QED) is 0.605. The molecule has 1 unspecified atom stereocenters. The van der Waals surface area contributed by atoms with Gasteiger partial charge in [0.1, 0.15) is 0 Å². The second-order valence-corrected chi connectivity index (χ2v) is 4.74. The lowest BCUT2D eigenvalue weighted by Gasteiger charge is -2.20. The minimum atomic E-state index is 0.620.